The van der Waals surface area contributed by atoms with Gasteiger partial charge in [0.25, 0.3) is 5.91 Å². The molecule has 0 radical (unpaired) electrons. The van der Waals surface area contributed by atoms with Crippen molar-refractivity contribution in [2.75, 3.05) is 26.2 Å². The molecule has 7 nitrogen and oxygen atoms in total. The van der Waals surface area contributed by atoms with Crippen LogP contribution in [0.3, 0.4) is 0 Å². The lowest BCUT2D eigenvalue weighted by Crippen LogP contribution is -2.51. The molecule has 2 aromatic carbocycles. The number of carbonyl (C=O) groups is 1. The lowest BCUT2D eigenvalue weighted by Gasteiger charge is -2.44. The van der Waals surface area contributed by atoms with Crippen molar-refractivity contribution in [1.29, 1.82) is 0 Å². The van der Waals surface area contributed by atoms with E-state index in [1.165, 1.54) is 38.8 Å². The summed E-state index contributed by atoms with van der Waals surface area (Å²) < 4.78 is 18.5. The van der Waals surface area contributed by atoms with Gasteiger partial charge in [0, 0.05) is 36.2 Å². The van der Waals surface area contributed by atoms with Crippen molar-refractivity contribution >= 4 is 16.9 Å². The highest BCUT2D eigenvalue weighted by Crippen LogP contribution is 2.43. The summed E-state index contributed by atoms with van der Waals surface area (Å²) in [5.41, 5.74) is 3.16. The van der Waals surface area contributed by atoms with E-state index in [0.29, 0.717) is 47.6 Å². The molecule has 1 amide bonds. The maximum Gasteiger partial charge on any atom is 0.340 e. The van der Waals surface area contributed by atoms with E-state index < -0.39 is 0 Å². The standard InChI is InChI=1S/C34H42N2O5/c1-22-26(18-23-10-5-4-6-11-23)33(38)40-32-25-14-15-34(2,3)41-28(25)19-29(31(22)32)39-21-30(37)35-20-24-12-9-17-36-16-8-7-13-27(24)36/h4-6,10-11,19,24,27H,7-9,12-18,20-21H2,1-3H3,(H,35,37). The number of amides is 1. The Bertz CT molecular complexity index is 1480. The molecule has 6 rings (SSSR count). The summed E-state index contributed by atoms with van der Waals surface area (Å²) in [7, 11) is 0. The summed E-state index contributed by atoms with van der Waals surface area (Å²) in [6, 6.07) is 12.4. The predicted molar refractivity (Wildman–Crippen MR) is 160 cm³/mol. The highest BCUT2D eigenvalue weighted by molar-refractivity contribution is 5.92. The summed E-state index contributed by atoms with van der Waals surface area (Å²) in [6.45, 7) is 9.00. The zero-order valence-corrected chi connectivity index (χ0v) is 24.6. The molecule has 0 spiro atoms. The van der Waals surface area contributed by atoms with Crippen LogP contribution in [0, 0.1) is 12.8 Å². The molecular weight excluding hydrogens is 516 g/mol. The SMILES string of the molecule is Cc1c(Cc2ccccc2)c(=O)oc2c3c(cc(OCC(=O)NCC4CCCN5CCCCC45)c12)OC(C)(C)CC3. The van der Waals surface area contributed by atoms with Crippen LogP contribution in [0.1, 0.15) is 74.6 Å². The predicted octanol–water partition coefficient (Wildman–Crippen LogP) is 5.56. The second kappa shape index (κ2) is 11.5. The molecule has 0 aliphatic carbocycles. The minimum atomic E-state index is -0.343. The molecular formula is C34H42N2O5. The summed E-state index contributed by atoms with van der Waals surface area (Å²) >= 11 is 0. The van der Waals surface area contributed by atoms with Crippen molar-refractivity contribution < 1.29 is 18.7 Å². The molecule has 2 fully saturated rings. The highest BCUT2D eigenvalue weighted by Gasteiger charge is 2.34. The van der Waals surface area contributed by atoms with Gasteiger partial charge in [-0.2, -0.15) is 0 Å². The first-order chi connectivity index (χ1) is 19.8. The van der Waals surface area contributed by atoms with E-state index >= 15 is 0 Å². The normalized spacial score (nSPS) is 21.9. The molecule has 0 bridgehead atoms. The summed E-state index contributed by atoms with van der Waals surface area (Å²) in [5.74, 6) is 1.52. The summed E-state index contributed by atoms with van der Waals surface area (Å²) in [4.78, 5) is 28.9. The smallest absolute Gasteiger partial charge is 0.340 e. The van der Waals surface area contributed by atoms with Gasteiger partial charge in [0.1, 0.15) is 22.7 Å². The number of hydrogen-bond donors (Lipinski definition) is 1. The Labute approximate surface area is 242 Å². The first-order valence-electron chi connectivity index (χ1n) is 15.3. The van der Waals surface area contributed by atoms with Crippen LogP contribution < -0.4 is 20.4 Å². The zero-order chi connectivity index (χ0) is 28.6. The van der Waals surface area contributed by atoms with Crippen LogP contribution >= 0.6 is 0 Å². The van der Waals surface area contributed by atoms with Crippen molar-refractivity contribution in [1.82, 2.24) is 10.2 Å². The van der Waals surface area contributed by atoms with E-state index in [9.17, 15) is 9.59 Å². The number of carbonyl (C=O) groups excluding carboxylic acids is 1. The maximum absolute atomic E-state index is 13.3. The summed E-state index contributed by atoms with van der Waals surface area (Å²) in [5, 5.41) is 3.90. The largest absolute Gasteiger partial charge is 0.487 e. The first kappa shape index (κ1) is 27.8. The third-order valence-corrected chi connectivity index (χ3v) is 9.31. The number of fused-ring (bicyclic) bond motifs is 4. The quantitative estimate of drug-likeness (QED) is 0.383. The monoisotopic (exact) mass is 558 g/mol. The Hall–Kier alpha value is -3.32. The number of rotatable bonds is 7. The van der Waals surface area contributed by atoms with Gasteiger partial charge in [-0.15, -0.1) is 0 Å². The van der Waals surface area contributed by atoms with Crippen molar-refractivity contribution in [2.45, 2.75) is 83.8 Å². The number of hydrogen-bond acceptors (Lipinski definition) is 6. The van der Waals surface area contributed by atoms with Crippen molar-refractivity contribution in [3.63, 3.8) is 0 Å². The molecule has 2 atom stereocenters. The molecule has 3 aliphatic rings. The van der Waals surface area contributed by atoms with Crippen LogP contribution in [0.15, 0.2) is 45.6 Å². The molecule has 3 aromatic rings. The number of nitrogens with zero attached hydrogens (tertiary/aromatic N) is 1. The Morgan fingerprint density at radius 1 is 1.12 bits per heavy atom. The van der Waals surface area contributed by atoms with Gasteiger partial charge >= 0.3 is 5.63 Å². The lowest BCUT2D eigenvalue weighted by atomic mass is 9.83. The molecule has 0 saturated carbocycles. The fraction of sp³-hybridized carbons (Fsp3) is 0.529. The van der Waals surface area contributed by atoms with Crippen LogP contribution in [-0.2, 0) is 17.6 Å². The van der Waals surface area contributed by atoms with E-state index in [0.717, 1.165) is 41.3 Å². The number of aryl methyl sites for hydroxylation is 2. The van der Waals surface area contributed by atoms with Gasteiger partial charge in [-0.25, -0.2) is 4.79 Å². The average Bonchev–Trinajstić information content (AvgIpc) is 2.96. The molecule has 7 heteroatoms. The van der Waals surface area contributed by atoms with E-state index in [1.54, 1.807) is 0 Å². The first-order valence-corrected chi connectivity index (χ1v) is 15.3. The van der Waals surface area contributed by atoms with Gasteiger partial charge in [-0.1, -0.05) is 36.8 Å². The van der Waals surface area contributed by atoms with Gasteiger partial charge in [-0.05, 0) is 89.4 Å². The second-order valence-electron chi connectivity index (χ2n) is 12.7. The molecule has 1 aromatic heterocycles. The summed E-state index contributed by atoms with van der Waals surface area (Å²) in [6.07, 6.45) is 8.15. The van der Waals surface area contributed by atoms with Crippen LogP contribution in [0.25, 0.3) is 11.0 Å². The van der Waals surface area contributed by atoms with Gasteiger partial charge in [0.2, 0.25) is 0 Å². The van der Waals surface area contributed by atoms with E-state index in [2.05, 4.69) is 24.1 Å². The molecule has 41 heavy (non-hydrogen) atoms. The average molecular weight is 559 g/mol. The highest BCUT2D eigenvalue weighted by atomic mass is 16.5. The van der Waals surface area contributed by atoms with E-state index in [4.69, 9.17) is 13.9 Å². The van der Waals surface area contributed by atoms with Crippen molar-refractivity contribution in [2.24, 2.45) is 5.92 Å². The van der Waals surface area contributed by atoms with Crippen LogP contribution in [0.4, 0.5) is 0 Å². The minimum absolute atomic E-state index is 0.106. The minimum Gasteiger partial charge on any atom is -0.487 e. The zero-order valence-electron chi connectivity index (χ0n) is 24.6. The van der Waals surface area contributed by atoms with Crippen LogP contribution in [0.5, 0.6) is 11.5 Å². The molecule has 1 N–H and O–H groups in total. The number of benzene rings is 2. The number of ether oxygens (including phenoxy) is 2. The number of nitrogens with one attached hydrogen (secondary N) is 1. The third-order valence-electron chi connectivity index (χ3n) is 9.31. The lowest BCUT2D eigenvalue weighted by molar-refractivity contribution is -0.123. The van der Waals surface area contributed by atoms with Crippen molar-refractivity contribution in [3.8, 4) is 11.5 Å². The Kier molecular flexibility index (Phi) is 7.82. The van der Waals surface area contributed by atoms with E-state index in [-0.39, 0.29) is 23.7 Å². The topological polar surface area (TPSA) is 81.0 Å². The number of piperidine rings is 2. The Morgan fingerprint density at radius 3 is 2.76 bits per heavy atom. The van der Waals surface area contributed by atoms with Gasteiger partial charge in [-0.3, -0.25) is 4.79 Å². The van der Waals surface area contributed by atoms with Gasteiger partial charge in [0.05, 0.1) is 5.39 Å². The molecule has 4 heterocycles. The second-order valence-corrected chi connectivity index (χ2v) is 12.7. The fourth-order valence-corrected chi connectivity index (χ4v) is 7.05. The molecule has 218 valence electrons. The van der Waals surface area contributed by atoms with Crippen molar-refractivity contribution in [3.05, 3.63) is 69.1 Å². The molecule has 3 aliphatic heterocycles. The van der Waals surface area contributed by atoms with Crippen LogP contribution in [0.2, 0.25) is 0 Å². The van der Waals surface area contributed by atoms with Gasteiger partial charge in [0.15, 0.2) is 6.61 Å². The van der Waals surface area contributed by atoms with E-state index in [1.807, 2.05) is 43.3 Å². The maximum atomic E-state index is 13.3. The fourth-order valence-electron chi connectivity index (χ4n) is 7.05. The molecule has 2 unspecified atom stereocenters. The molecule has 2 saturated heterocycles. The Morgan fingerprint density at radius 2 is 1.93 bits per heavy atom. The van der Waals surface area contributed by atoms with Gasteiger partial charge < -0.3 is 24.1 Å². The third kappa shape index (κ3) is 5.87. The van der Waals surface area contributed by atoms with Crippen LogP contribution in [-0.4, -0.2) is 48.7 Å². The Balaban J connectivity index is 1.26.